The largest absolute Gasteiger partial charge is 0.363 e. The van der Waals surface area contributed by atoms with Crippen molar-refractivity contribution in [2.45, 2.75) is 18.9 Å². The van der Waals surface area contributed by atoms with Crippen LogP contribution in [-0.2, 0) is 4.79 Å². The van der Waals surface area contributed by atoms with Gasteiger partial charge in [-0.2, -0.15) is 0 Å². The number of carbonyl (C=O) groups excluding carboxylic acids is 1. The molecule has 1 aromatic rings. The van der Waals surface area contributed by atoms with Gasteiger partial charge in [0.1, 0.15) is 5.82 Å². The van der Waals surface area contributed by atoms with E-state index in [1.165, 1.54) is 0 Å². The van der Waals surface area contributed by atoms with E-state index < -0.39 is 0 Å². The minimum Gasteiger partial charge on any atom is -0.363 e. The predicted molar refractivity (Wildman–Crippen MR) is 68.2 cm³/mol. The van der Waals surface area contributed by atoms with Crippen LogP contribution in [0.5, 0.6) is 0 Å². The van der Waals surface area contributed by atoms with E-state index in [1.807, 2.05) is 31.1 Å². The van der Waals surface area contributed by atoms with Crippen LogP contribution in [0.1, 0.15) is 12.8 Å². The number of anilines is 2. The highest BCUT2D eigenvalue weighted by Gasteiger charge is 2.21. The second-order valence-corrected chi connectivity index (χ2v) is 4.44. The van der Waals surface area contributed by atoms with Crippen LogP contribution in [0.3, 0.4) is 0 Å². The van der Waals surface area contributed by atoms with Crippen molar-refractivity contribution in [1.82, 2.24) is 10.3 Å². The first-order chi connectivity index (χ1) is 8.16. The normalized spacial score (nSPS) is 19.1. The van der Waals surface area contributed by atoms with Gasteiger partial charge in [-0.05, 0) is 31.5 Å². The third-order valence-corrected chi connectivity index (χ3v) is 2.85. The maximum Gasteiger partial charge on any atom is 0.241 e. The number of rotatable bonds is 3. The van der Waals surface area contributed by atoms with E-state index >= 15 is 0 Å². The lowest BCUT2D eigenvalue weighted by Crippen LogP contribution is -2.35. The second-order valence-electron chi connectivity index (χ2n) is 4.44. The van der Waals surface area contributed by atoms with Crippen molar-refractivity contribution in [3.63, 3.8) is 0 Å². The van der Waals surface area contributed by atoms with Crippen LogP contribution in [0.4, 0.5) is 11.5 Å². The Kier molecular flexibility index (Phi) is 3.58. The Labute approximate surface area is 101 Å². The van der Waals surface area contributed by atoms with Gasteiger partial charge in [-0.3, -0.25) is 4.79 Å². The van der Waals surface area contributed by atoms with Crippen molar-refractivity contribution in [1.29, 1.82) is 0 Å². The number of nitrogens with one attached hydrogen (secondary N) is 2. The SMILES string of the molecule is CN(C)c1ccc(NC(=O)[C@@H]2CCCN2)cn1. The molecule has 0 saturated carbocycles. The van der Waals surface area contributed by atoms with E-state index in [4.69, 9.17) is 0 Å². The molecule has 1 amide bonds. The van der Waals surface area contributed by atoms with Crippen molar-refractivity contribution in [3.05, 3.63) is 18.3 Å². The highest BCUT2D eigenvalue weighted by atomic mass is 16.2. The summed E-state index contributed by atoms with van der Waals surface area (Å²) in [6, 6.07) is 3.70. The monoisotopic (exact) mass is 234 g/mol. The average molecular weight is 234 g/mol. The molecule has 0 unspecified atom stereocenters. The molecule has 2 N–H and O–H groups in total. The highest BCUT2D eigenvalue weighted by Crippen LogP contribution is 2.13. The maximum atomic E-state index is 11.8. The summed E-state index contributed by atoms with van der Waals surface area (Å²) in [6.07, 6.45) is 3.66. The molecule has 1 atom stereocenters. The molecule has 1 saturated heterocycles. The summed E-state index contributed by atoms with van der Waals surface area (Å²) in [6.45, 7) is 0.926. The van der Waals surface area contributed by atoms with Crippen LogP contribution < -0.4 is 15.5 Å². The van der Waals surface area contributed by atoms with Gasteiger partial charge < -0.3 is 15.5 Å². The fourth-order valence-electron chi connectivity index (χ4n) is 1.86. The van der Waals surface area contributed by atoms with Gasteiger partial charge in [0.25, 0.3) is 0 Å². The third-order valence-electron chi connectivity index (χ3n) is 2.85. The van der Waals surface area contributed by atoms with E-state index in [1.54, 1.807) is 6.20 Å². The first kappa shape index (κ1) is 11.9. The molecule has 92 valence electrons. The zero-order chi connectivity index (χ0) is 12.3. The first-order valence-corrected chi connectivity index (χ1v) is 5.84. The molecular formula is C12H18N4O. The molecule has 1 aromatic heterocycles. The summed E-state index contributed by atoms with van der Waals surface area (Å²) in [5, 5.41) is 6.03. The smallest absolute Gasteiger partial charge is 0.241 e. The van der Waals surface area contributed by atoms with Crippen LogP contribution in [0.25, 0.3) is 0 Å². The van der Waals surface area contributed by atoms with Gasteiger partial charge in [-0.25, -0.2) is 4.98 Å². The molecule has 5 heteroatoms. The lowest BCUT2D eigenvalue weighted by Gasteiger charge is -2.13. The van der Waals surface area contributed by atoms with Crippen LogP contribution in [-0.4, -0.2) is 37.6 Å². The van der Waals surface area contributed by atoms with Gasteiger partial charge >= 0.3 is 0 Å². The van der Waals surface area contributed by atoms with Crippen LogP contribution in [0.2, 0.25) is 0 Å². The van der Waals surface area contributed by atoms with E-state index in [0.29, 0.717) is 0 Å². The number of nitrogens with zero attached hydrogens (tertiary/aromatic N) is 2. The standard InChI is InChI=1S/C12H18N4O/c1-16(2)11-6-5-9(8-14-11)15-12(17)10-4-3-7-13-10/h5-6,8,10,13H,3-4,7H2,1-2H3,(H,15,17)/t10-/m0/s1. The summed E-state index contributed by atoms with van der Waals surface area (Å²) in [5.74, 6) is 0.906. The molecule has 0 spiro atoms. The molecule has 1 aliphatic rings. The zero-order valence-corrected chi connectivity index (χ0v) is 10.2. The summed E-state index contributed by atoms with van der Waals surface area (Å²) in [5.41, 5.74) is 0.745. The molecular weight excluding hydrogens is 216 g/mol. The number of amides is 1. The average Bonchev–Trinajstić information content (AvgIpc) is 2.83. The Balaban J connectivity index is 1.96. The van der Waals surface area contributed by atoms with Crippen LogP contribution in [0, 0.1) is 0 Å². The topological polar surface area (TPSA) is 57.3 Å². The van der Waals surface area contributed by atoms with Crippen molar-refractivity contribution in [3.8, 4) is 0 Å². The summed E-state index contributed by atoms with van der Waals surface area (Å²) < 4.78 is 0. The van der Waals surface area contributed by atoms with Gasteiger partial charge in [-0.15, -0.1) is 0 Å². The molecule has 5 nitrogen and oxygen atoms in total. The van der Waals surface area contributed by atoms with E-state index in [0.717, 1.165) is 30.9 Å². The molecule has 1 aliphatic heterocycles. The Morgan fingerprint density at radius 3 is 2.88 bits per heavy atom. The van der Waals surface area contributed by atoms with Gasteiger partial charge in [0.2, 0.25) is 5.91 Å². The van der Waals surface area contributed by atoms with E-state index in [-0.39, 0.29) is 11.9 Å². The molecule has 17 heavy (non-hydrogen) atoms. The van der Waals surface area contributed by atoms with Crippen molar-refractivity contribution in [2.75, 3.05) is 30.9 Å². The molecule has 1 fully saturated rings. The second kappa shape index (κ2) is 5.14. The minimum atomic E-state index is -0.0523. The van der Waals surface area contributed by atoms with Crippen molar-refractivity contribution < 1.29 is 4.79 Å². The van der Waals surface area contributed by atoms with E-state index in [2.05, 4.69) is 15.6 Å². The fourth-order valence-corrected chi connectivity index (χ4v) is 1.86. The van der Waals surface area contributed by atoms with Crippen LogP contribution in [0.15, 0.2) is 18.3 Å². The minimum absolute atomic E-state index is 0.0295. The lowest BCUT2D eigenvalue weighted by molar-refractivity contribution is -0.117. The fraction of sp³-hybridized carbons (Fsp3) is 0.500. The molecule has 0 radical (unpaired) electrons. The highest BCUT2D eigenvalue weighted by molar-refractivity contribution is 5.94. The predicted octanol–water partition coefficient (Wildman–Crippen LogP) is 0.838. The Bertz CT molecular complexity index is 382. The molecule has 0 bridgehead atoms. The Morgan fingerprint density at radius 2 is 2.35 bits per heavy atom. The quantitative estimate of drug-likeness (QED) is 0.813. The first-order valence-electron chi connectivity index (χ1n) is 5.84. The van der Waals surface area contributed by atoms with Crippen molar-refractivity contribution in [2.24, 2.45) is 0 Å². The number of carbonyl (C=O) groups is 1. The number of pyridine rings is 1. The molecule has 2 rings (SSSR count). The summed E-state index contributed by atoms with van der Waals surface area (Å²) in [7, 11) is 3.87. The Morgan fingerprint density at radius 1 is 1.53 bits per heavy atom. The number of hydrogen-bond donors (Lipinski definition) is 2. The zero-order valence-electron chi connectivity index (χ0n) is 10.2. The maximum absolute atomic E-state index is 11.8. The van der Waals surface area contributed by atoms with Gasteiger partial charge in [0.15, 0.2) is 0 Å². The number of aromatic nitrogens is 1. The van der Waals surface area contributed by atoms with Gasteiger partial charge in [-0.1, -0.05) is 0 Å². The summed E-state index contributed by atoms with van der Waals surface area (Å²) in [4.78, 5) is 18.0. The van der Waals surface area contributed by atoms with E-state index in [9.17, 15) is 4.79 Å². The third kappa shape index (κ3) is 2.94. The Hall–Kier alpha value is -1.62. The molecule has 0 aromatic carbocycles. The lowest BCUT2D eigenvalue weighted by atomic mass is 10.2. The molecule has 0 aliphatic carbocycles. The molecule has 2 heterocycles. The van der Waals surface area contributed by atoms with Gasteiger partial charge in [0, 0.05) is 14.1 Å². The number of hydrogen-bond acceptors (Lipinski definition) is 4. The summed E-state index contributed by atoms with van der Waals surface area (Å²) >= 11 is 0. The van der Waals surface area contributed by atoms with Crippen molar-refractivity contribution >= 4 is 17.4 Å². The van der Waals surface area contributed by atoms with Crippen LogP contribution >= 0.6 is 0 Å². The van der Waals surface area contributed by atoms with Gasteiger partial charge in [0.05, 0.1) is 17.9 Å².